The van der Waals surface area contributed by atoms with Crippen LogP contribution in [-0.4, -0.2) is 58.6 Å². The molecule has 0 unspecified atom stereocenters. The molecule has 1 fully saturated rings. The van der Waals surface area contributed by atoms with Crippen LogP contribution in [0.1, 0.15) is 44.0 Å². The van der Waals surface area contributed by atoms with Gasteiger partial charge in [-0.05, 0) is 36.6 Å². The van der Waals surface area contributed by atoms with Gasteiger partial charge in [0.05, 0.1) is 33.8 Å². The van der Waals surface area contributed by atoms with E-state index in [-0.39, 0.29) is 31.0 Å². The first-order valence-electron chi connectivity index (χ1n) is 11.3. The third kappa shape index (κ3) is 6.02. The summed E-state index contributed by atoms with van der Waals surface area (Å²) in [7, 11) is 1.64. The molecule has 3 N–H and O–H groups in total. The highest BCUT2D eigenvalue weighted by molar-refractivity contribution is 7.13. The van der Waals surface area contributed by atoms with Gasteiger partial charge in [-0.1, -0.05) is 32.9 Å². The Bertz CT molecular complexity index is 1080. The Labute approximate surface area is 206 Å². The topological polar surface area (TPSA) is 94.6 Å². The summed E-state index contributed by atoms with van der Waals surface area (Å²) in [5.41, 5.74) is 1.25. The summed E-state index contributed by atoms with van der Waals surface area (Å²) in [6, 6.07) is 2.43. The quantitative estimate of drug-likeness (QED) is 0.552. The smallest absolute Gasteiger partial charge is 0.391 e. The molecule has 0 saturated carbocycles. The largest absolute Gasteiger partial charge is 0.416 e. The first kappa shape index (κ1) is 27.1. The lowest BCUT2D eigenvalue weighted by atomic mass is 9.86. The Kier molecular flexibility index (Phi) is 7.93. The number of nitrogens with zero attached hydrogens (tertiary/aromatic N) is 2. The molecule has 3 rings (SSSR count). The molecule has 7 nitrogen and oxygen atoms in total. The van der Waals surface area contributed by atoms with Gasteiger partial charge in [-0.25, -0.2) is 4.98 Å². The van der Waals surface area contributed by atoms with Gasteiger partial charge in [0, 0.05) is 19.5 Å². The van der Waals surface area contributed by atoms with Crippen molar-refractivity contribution >= 4 is 23.2 Å². The number of aryl methyl sites for hydroxylation is 1. The standard InChI is InChI=1S/C24H31F3N4O3S/c1-13-19(35-12-30-13)14-6-7-15(17(8-14)24(25,26)27)10-29-21(33)18-9-16(32)11-31(18)22(34)20(28-5)23(2,3)4/h6-8,12,16,18,20,28,32H,9-11H2,1-5H3,(H,29,33)/t16-,18+,20-/m1/s1. The fraction of sp³-hybridized carbons (Fsp3) is 0.542. The van der Waals surface area contributed by atoms with E-state index in [2.05, 4.69) is 15.6 Å². The van der Waals surface area contributed by atoms with Gasteiger partial charge in [0.1, 0.15) is 6.04 Å². The van der Waals surface area contributed by atoms with Gasteiger partial charge >= 0.3 is 6.18 Å². The van der Waals surface area contributed by atoms with Crippen LogP contribution in [0.3, 0.4) is 0 Å². The lowest BCUT2D eigenvalue weighted by molar-refractivity contribution is -0.142. The van der Waals surface area contributed by atoms with E-state index in [1.165, 1.54) is 22.3 Å². The number of amides is 2. The lowest BCUT2D eigenvalue weighted by Gasteiger charge is -2.34. The number of β-amino-alcohol motifs (C(OH)–C–C–N with tert-alkyl or cyclic N) is 1. The number of aromatic nitrogens is 1. The van der Waals surface area contributed by atoms with E-state index in [4.69, 9.17) is 0 Å². The number of rotatable bonds is 6. The van der Waals surface area contributed by atoms with Crippen LogP contribution in [-0.2, 0) is 22.3 Å². The van der Waals surface area contributed by atoms with Crippen molar-refractivity contribution in [2.24, 2.45) is 5.41 Å². The molecular weight excluding hydrogens is 481 g/mol. The summed E-state index contributed by atoms with van der Waals surface area (Å²) in [5.74, 6) is -0.939. The van der Waals surface area contributed by atoms with Gasteiger partial charge in [0.2, 0.25) is 11.8 Å². The monoisotopic (exact) mass is 512 g/mol. The minimum Gasteiger partial charge on any atom is -0.391 e. The number of aliphatic hydroxyl groups excluding tert-OH is 1. The van der Waals surface area contributed by atoms with Crippen molar-refractivity contribution in [2.45, 2.75) is 65.0 Å². The second-order valence-electron chi connectivity index (χ2n) is 9.84. The highest BCUT2D eigenvalue weighted by atomic mass is 32.1. The number of thiazole rings is 1. The molecule has 192 valence electrons. The van der Waals surface area contributed by atoms with Crippen molar-refractivity contribution in [3.8, 4) is 10.4 Å². The van der Waals surface area contributed by atoms with Crippen LogP contribution < -0.4 is 10.6 Å². The highest BCUT2D eigenvalue weighted by Gasteiger charge is 2.43. The van der Waals surface area contributed by atoms with Crippen molar-refractivity contribution in [2.75, 3.05) is 13.6 Å². The van der Waals surface area contributed by atoms with E-state index < -0.39 is 41.2 Å². The van der Waals surface area contributed by atoms with E-state index >= 15 is 0 Å². The van der Waals surface area contributed by atoms with Crippen LogP contribution in [0.15, 0.2) is 23.7 Å². The summed E-state index contributed by atoms with van der Waals surface area (Å²) in [6.07, 6.45) is -5.49. The van der Waals surface area contributed by atoms with Gasteiger partial charge in [0.25, 0.3) is 0 Å². The first-order chi connectivity index (χ1) is 16.2. The molecular formula is C24H31F3N4O3S. The molecule has 2 heterocycles. The molecule has 3 atom stereocenters. The second kappa shape index (κ2) is 10.2. The zero-order chi connectivity index (χ0) is 26.1. The maximum atomic E-state index is 13.8. The SMILES string of the molecule is CN[C@H](C(=O)N1C[C@H](O)C[C@H]1C(=O)NCc1ccc(-c2scnc2C)cc1C(F)(F)F)C(C)(C)C. The zero-order valence-electron chi connectivity index (χ0n) is 20.4. The number of likely N-dealkylation sites (tertiary alicyclic amines) is 1. The van der Waals surface area contributed by atoms with E-state index in [0.29, 0.717) is 16.1 Å². The number of alkyl halides is 3. The zero-order valence-corrected chi connectivity index (χ0v) is 21.2. The Morgan fingerprint density at radius 2 is 1.97 bits per heavy atom. The number of nitrogens with one attached hydrogen (secondary N) is 2. The van der Waals surface area contributed by atoms with Crippen LogP contribution in [0, 0.1) is 12.3 Å². The lowest BCUT2D eigenvalue weighted by Crippen LogP contribution is -2.55. The number of halogens is 3. The van der Waals surface area contributed by atoms with Gasteiger partial charge in [-0.3, -0.25) is 9.59 Å². The molecule has 0 bridgehead atoms. The van der Waals surface area contributed by atoms with Crippen molar-refractivity contribution < 1.29 is 27.9 Å². The van der Waals surface area contributed by atoms with Gasteiger partial charge in [-0.2, -0.15) is 13.2 Å². The van der Waals surface area contributed by atoms with Crippen molar-refractivity contribution in [3.63, 3.8) is 0 Å². The first-order valence-corrected chi connectivity index (χ1v) is 12.2. The van der Waals surface area contributed by atoms with Crippen molar-refractivity contribution in [3.05, 3.63) is 40.5 Å². The summed E-state index contributed by atoms with van der Waals surface area (Å²) in [6.45, 7) is 6.99. The Hall–Kier alpha value is -2.50. The average molecular weight is 513 g/mol. The predicted octanol–water partition coefficient (Wildman–Crippen LogP) is 3.35. The molecule has 2 amide bonds. The maximum Gasteiger partial charge on any atom is 0.416 e. The number of hydrogen-bond donors (Lipinski definition) is 3. The molecule has 0 radical (unpaired) electrons. The molecule has 0 spiro atoms. The van der Waals surface area contributed by atoms with E-state index in [1.807, 2.05) is 20.8 Å². The van der Waals surface area contributed by atoms with Crippen molar-refractivity contribution in [1.82, 2.24) is 20.5 Å². The number of likely N-dealkylation sites (N-methyl/N-ethyl adjacent to an activating group) is 1. The molecule has 1 aliphatic rings. The van der Waals surface area contributed by atoms with Gasteiger partial charge in [-0.15, -0.1) is 11.3 Å². The molecule has 1 aromatic heterocycles. The summed E-state index contributed by atoms with van der Waals surface area (Å²) < 4.78 is 41.5. The third-order valence-corrected chi connectivity index (χ3v) is 7.12. The number of carbonyl (C=O) groups excluding carboxylic acids is 2. The molecule has 1 aliphatic heterocycles. The molecule has 1 saturated heterocycles. The number of aliphatic hydroxyl groups is 1. The summed E-state index contributed by atoms with van der Waals surface area (Å²) >= 11 is 1.26. The summed E-state index contributed by atoms with van der Waals surface area (Å²) in [4.78, 5) is 32.2. The van der Waals surface area contributed by atoms with E-state index in [1.54, 1.807) is 25.5 Å². The third-order valence-electron chi connectivity index (χ3n) is 6.14. The van der Waals surface area contributed by atoms with Gasteiger partial charge < -0.3 is 20.6 Å². The minimum atomic E-state index is -4.62. The number of hydrogen-bond acceptors (Lipinski definition) is 6. The maximum absolute atomic E-state index is 13.8. The van der Waals surface area contributed by atoms with Crippen molar-refractivity contribution in [1.29, 1.82) is 0 Å². The Balaban J connectivity index is 1.80. The Morgan fingerprint density at radius 1 is 1.29 bits per heavy atom. The van der Waals surface area contributed by atoms with Crippen LogP contribution >= 0.6 is 11.3 Å². The normalized spacial score (nSPS) is 19.6. The second-order valence-corrected chi connectivity index (χ2v) is 10.7. The highest BCUT2D eigenvalue weighted by Crippen LogP contribution is 2.37. The molecule has 0 aliphatic carbocycles. The minimum absolute atomic E-state index is 0.0120. The molecule has 2 aromatic rings. The predicted molar refractivity (Wildman–Crippen MR) is 128 cm³/mol. The molecule has 35 heavy (non-hydrogen) atoms. The molecule has 11 heteroatoms. The van der Waals surface area contributed by atoms with Crippen LogP contribution in [0.5, 0.6) is 0 Å². The fourth-order valence-corrected chi connectivity index (χ4v) is 5.22. The fourth-order valence-electron chi connectivity index (χ4n) is 4.41. The van der Waals surface area contributed by atoms with E-state index in [9.17, 15) is 27.9 Å². The molecule has 1 aromatic carbocycles. The number of carbonyl (C=O) groups is 2. The Morgan fingerprint density at radius 3 is 2.51 bits per heavy atom. The summed E-state index contributed by atoms with van der Waals surface area (Å²) in [5, 5.41) is 15.7. The van der Waals surface area contributed by atoms with E-state index in [0.717, 1.165) is 6.07 Å². The average Bonchev–Trinajstić information content (AvgIpc) is 3.36. The number of benzene rings is 1. The van der Waals surface area contributed by atoms with Crippen LogP contribution in [0.25, 0.3) is 10.4 Å². The van der Waals surface area contributed by atoms with Gasteiger partial charge in [0.15, 0.2) is 0 Å². The van der Waals surface area contributed by atoms with Crippen LogP contribution in [0.4, 0.5) is 13.2 Å². The van der Waals surface area contributed by atoms with Crippen LogP contribution in [0.2, 0.25) is 0 Å².